The standard InChI is InChI=1S/C28H30N4O2/c1-4-25(26-30-24-12-7-6-11-23(24)28(34)31(26)5-2)32(19-17-22-10-8-9-18-29-22)27(33)21-15-13-20(3)14-16-21/h6-16,18,25H,4-5,17,19H2,1-3H3. The maximum absolute atomic E-state index is 13.8. The van der Waals surface area contributed by atoms with E-state index in [1.807, 2.05) is 86.3 Å². The average molecular weight is 455 g/mol. The molecule has 0 aliphatic heterocycles. The summed E-state index contributed by atoms with van der Waals surface area (Å²) >= 11 is 0. The molecule has 2 aromatic heterocycles. The number of carbonyl (C=O) groups excluding carboxylic acids is 1. The Morgan fingerprint density at radius 2 is 1.74 bits per heavy atom. The summed E-state index contributed by atoms with van der Waals surface area (Å²) in [4.78, 5) is 38.3. The van der Waals surface area contributed by atoms with Crippen molar-refractivity contribution >= 4 is 16.8 Å². The molecule has 34 heavy (non-hydrogen) atoms. The van der Waals surface area contributed by atoms with E-state index < -0.39 is 0 Å². The van der Waals surface area contributed by atoms with Crippen molar-refractivity contribution < 1.29 is 4.79 Å². The van der Waals surface area contributed by atoms with Crippen LogP contribution in [0.2, 0.25) is 0 Å². The normalized spacial score (nSPS) is 12.0. The fraction of sp³-hybridized carbons (Fsp3) is 0.286. The molecule has 6 nitrogen and oxygen atoms in total. The topological polar surface area (TPSA) is 68.1 Å². The Morgan fingerprint density at radius 1 is 1.00 bits per heavy atom. The molecule has 2 aromatic carbocycles. The molecule has 0 saturated heterocycles. The van der Waals surface area contributed by atoms with E-state index in [2.05, 4.69) is 4.98 Å². The smallest absolute Gasteiger partial charge is 0.261 e. The molecule has 1 atom stereocenters. The third kappa shape index (κ3) is 4.76. The Bertz CT molecular complexity index is 1330. The van der Waals surface area contributed by atoms with Gasteiger partial charge in [-0.05, 0) is 56.7 Å². The van der Waals surface area contributed by atoms with Crippen LogP contribution >= 0.6 is 0 Å². The maximum atomic E-state index is 13.8. The zero-order valence-corrected chi connectivity index (χ0v) is 19.9. The van der Waals surface area contributed by atoms with E-state index in [0.29, 0.717) is 48.2 Å². The largest absolute Gasteiger partial charge is 0.328 e. The first-order chi connectivity index (χ1) is 16.5. The Kier molecular flexibility index (Phi) is 7.16. The molecule has 6 heteroatoms. The lowest BCUT2D eigenvalue weighted by atomic mass is 10.1. The molecular formula is C28H30N4O2. The van der Waals surface area contributed by atoms with Crippen LogP contribution in [-0.2, 0) is 13.0 Å². The van der Waals surface area contributed by atoms with E-state index in [1.165, 1.54) is 0 Å². The SMILES string of the molecule is CCC(c1nc2ccccc2c(=O)n1CC)N(CCc1ccccn1)C(=O)c1ccc(C)cc1. The summed E-state index contributed by atoms with van der Waals surface area (Å²) in [6, 6.07) is 20.4. The lowest BCUT2D eigenvalue weighted by Gasteiger charge is -2.32. The van der Waals surface area contributed by atoms with Gasteiger partial charge in [0.1, 0.15) is 5.82 Å². The summed E-state index contributed by atoms with van der Waals surface area (Å²) in [6.07, 6.45) is 3.00. The highest BCUT2D eigenvalue weighted by molar-refractivity contribution is 5.94. The number of nitrogens with zero attached hydrogens (tertiary/aromatic N) is 4. The number of aryl methyl sites for hydroxylation is 1. The zero-order chi connectivity index (χ0) is 24.1. The van der Waals surface area contributed by atoms with Crippen LogP contribution in [0.1, 0.15) is 53.7 Å². The van der Waals surface area contributed by atoms with E-state index in [1.54, 1.807) is 16.8 Å². The molecule has 0 N–H and O–H groups in total. The van der Waals surface area contributed by atoms with Crippen LogP contribution < -0.4 is 5.56 Å². The van der Waals surface area contributed by atoms with Crippen molar-refractivity contribution in [2.24, 2.45) is 0 Å². The van der Waals surface area contributed by atoms with Gasteiger partial charge in [0, 0.05) is 37.0 Å². The molecule has 0 fully saturated rings. The molecular weight excluding hydrogens is 424 g/mol. The van der Waals surface area contributed by atoms with Crippen LogP contribution in [0.5, 0.6) is 0 Å². The summed E-state index contributed by atoms with van der Waals surface area (Å²) in [5.74, 6) is 0.544. The first-order valence-corrected chi connectivity index (χ1v) is 11.8. The van der Waals surface area contributed by atoms with E-state index >= 15 is 0 Å². The first-order valence-electron chi connectivity index (χ1n) is 11.8. The second kappa shape index (κ2) is 10.4. The fourth-order valence-corrected chi connectivity index (χ4v) is 4.33. The fourth-order valence-electron chi connectivity index (χ4n) is 4.33. The van der Waals surface area contributed by atoms with Gasteiger partial charge in [-0.25, -0.2) is 4.98 Å². The van der Waals surface area contributed by atoms with Crippen LogP contribution in [-0.4, -0.2) is 31.9 Å². The molecule has 4 aromatic rings. The second-order valence-electron chi connectivity index (χ2n) is 8.40. The van der Waals surface area contributed by atoms with Gasteiger partial charge in [-0.1, -0.05) is 42.8 Å². The Morgan fingerprint density at radius 3 is 2.41 bits per heavy atom. The quantitative estimate of drug-likeness (QED) is 0.378. The van der Waals surface area contributed by atoms with Gasteiger partial charge >= 0.3 is 0 Å². The molecule has 0 bridgehead atoms. The van der Waals surface area contributed by atoms with Crippen molar-refractivity contribution in [3.8, 4) is 0 Å². The molecule has 0 aliphatic rings. The highest BCUT2D eigenvalue weighted by Crippen LogP contribution is 2.26. The van der Waals surface area contributed by atoms with Crippen molar-refractivity contribution in [1.29, 1.82) is 0 Å². The lowest BCUT2D eigenvalue weighted by molar-refractivity contribution is 0.0659. The zero-order valence-electron chi connectivity index (χ0n) is 19.9. The number of fused-ring (bicyclic) bond motifs is 1. The van der Waals surface area contributed by atoms with Gasteiger partial charge in [0.25, 0.3) is 11.5 Å². The van der Waals surface area contributed by atoms with Crippen LogP contribution in [0.25, 0.3) is 10.9 Å². The lowest BCUT2D eigenvalue weighted by Crippen LogP contribution is -2.40. The second-order valence-corrected chi connectivity index (χ2v) is 8.40. The highest BCUT2D eigenvalue weighted by Gasteiger charge is 2.29. The number of pyridine rings is 1. The van der Waals surface area contributed by atoms with Crippen molar-refractivity contribution in [1.82, 2.24) is 19.4 Å². The molecule has 0 radical (unpaired) electrons. The average Bonchev–Trinajstić information content (AvgIpc) is 2.87. The maximum Gasteiger partial charge on any atom is 0.261 e. The van der Waals surface area contributed by atoms with E-state index in [-0.39, 0.29) is 17.5 Å². The summed E-state index contributed by atoms with van der Waals surface area (Å²) in [6.45, 7) is 6.92. The number of carbonyl (C=O) groups is 1. The number of rotatable bonds is 8. The van der Waals surface area contributed by atoms with Gasteiger partial charge in [-0.15, -0.1) is 0 Å². The van der Waals surface area contributed by atoms with Crippen molar-refractivity contribution in [2.45, 2.75) is 46.2 Å². The van der Waals surface area contributed by atoms with Gasteiger partial charge < -0.3 is 4.90 Å². The summed E-state index contributed by atoms with van der Waals surface area (Å²) < 4.78 is 1.70. The third-order valence-corrected chi connectivity index (χ3v) is 6.16. The summed E-state index contributed by atoms with van der Waals surface area (Å²) in [5, 5.41) is 0.591. The molecule has 2 heterocycles. The van der Waals surface area contributed by atoms with Crippen LogP contribution in [0.4, 0.5) is 0 Å². The number of aromatic nitrogens is 3. The van der Waals surface area contributed by atoms with Gasteiger partial charge in [0.15, 0.2) is 0 Å². The predicted molar refractivity (Wildman–Crippen MR) is 135 cm³/mol. The van der Waals surface area contributed by atoms with E-state index in [0.717, 1.165) is 11.3 Å². The Hall–Kier alpha value is -3.80. The molecule has 4 rings (SSSR count). The number of benzene rings is 2. The van der Waals surface area contributed by atoms with Crippen LogP contribution in [0, 0.1) is 6.92 Å². The molecule has 0 saturated carbocycles. The number of hydrogen-bond acceptors (Lipinski definition) is 4. The van der Waals surface area contributed by atoms with E-state index in [9.17, 15) is 9.59 Å². The van der Waals surface area contributed by atoms with Gasteiger partial charge in [0.2, 0.25) is 0 Å². The van der Waals surface area contributed by atoms with Gasteiger partial charge in [-0.2, -0.15) is 0 Å². The molecule has 0 spiro atoms. The van der Waals surface area contributed by atoms with Crippen molar-refractivity contribution in [2.75, 3.05) is 6.54 Å². The van der Waals surface area contributed by atoms with Crippen LogP contribution in [0.15, 0.2) is 77.7 Å². The summed E-state index contributed by atoms with van der Waals surface area (Å²) in [7, 11) is 0. The van der Waals surface area contributed by atoms with Gasteiger partial charge in [-0.3, -0.25) is 19.1 Å². The number of hydrogen-bond donors (Lipinski definition) is 0. The summed E-state index contributed by atoms with van der Waals surface area (Å²) in [5.41, 5.74) is 3.21. The number of para-hydroxylation sites is 1. The van der Waals surface area contributed by atoms with Crippen molar-refractivity contribution in [3.05, 3.63) is 106 Å². The minimum atomic E-state index is -0.352. The van der Waals surface area contributed by atoms with E-state index in [4.69, 9.17) is 4.98 Å². The predicted octanol–water partition coefficient (Wildman–Crippen LogP) is 4.96. The Labute approximate surface area is 199 Å². The molecule has 174 valence electrons. The highest BCUT2D eigenvalue weighted by atomic mass is 16.2. The molecule has 1 unspecified atom stereocenters. The monoisotopic (exact) mass is 454 g/mol. The first kappa shape index (κ1) is 23.4. The minimum absolute atomic E-state index is 0.0750. The third-order valence-electron chi connectivity index (χ3n) is 6.16. The Balaban J connectivity index is 1.80. The number of amides is 1. The minimum Gasteiger partial charge on any atom is -0.328 e. The van der Waals surface area contributed by atoms with Crippen LogP contribution in [0.3, 0.4) is 0 Å². The molecule has 0 aliphatic carbocycles. The van der Waals surface area contributed by atoms with Gasteiger partial charge in [0.05, 0.1) is 16.9 Å². The van der Waals surface area contributed by atoms with Crippen molar-refractivity contribution in [3.63, 3.8) is 0 Å². The molecule has 1 amide bonds.